The van der Waals surface area contributed by atoms with Gasteiger partial charge in [-0.25, -0.2) is 0 Å². The molecule has 2 aliphatic rings. The van der Waals surface area contributed by atoms with Gasteiger partial charge < -0.3 is 23.8 Å². The maximum Gasteiger partial charge on any atom is 0.276 e. The number of aryl methyl sites for hydroxylation is 1. The third-order valence-corrected chi connectivity index (χ3v) is 5.42. The van der Waals surface area contributed by atoms with E-state index in [-0.39, 0.29) is 30.0 Å². The van der Waals surface area contributed by atoms with Gasteiger partial charge in [-0.15, -0.1) is 0 Å². The number of likely N-dealkylation sites (tertiary alicyclic amines) is 1. The van der Waals surface area contributed by atoms with Crippen molar-refractivity contribution in [2.24, 2.45) is 5.92 Å². The molecule has 160 valence electrons. The summed E-state index contributed by atoms with van der Waals surface area (Å²) < 4.78 is 16.2. The zero-order valence-electron chi connectivity index (χ0n) is 17.1. The molecule has 30 heavy (non-hydrogen) atoms. The van der Waals surface area contributed by atoms with Gasteiger partial charge in [0.05, 0.1) is 25.3 Å². The third kappa shape index (κ3) is 4.79. The predicted molar refractivity (Wildman–Crippen MR) is 106 cm³/mol. The van der Waals surface area contributed by atoms with Gasteiger partial charge in [0.1, 0.15) is 12.4 Å². The number of carbonyl (C=O) groups excluding carboxylic acids is 2. The lowest BCUT2D eigenvalue weighted by molar-refractivity contribution is -0.141. The van der Waals surface area contributed by atoms with Crippen molar-refractivity contribution in [1.29, 1.82) is 0 Å². The molecule has 1 atom stereocenters. The largest absolute Gasteiger partial charge is 0.484 e. The third-order valence-electron chi connectivity index (χ3n) is 5.42. The van der Waals surface area contributed by atoms with Crippen molar-refractivity contribution in [2.45, 2.75) is 26.4 Å². The fraction of sp³-hybridized carbons (Fsp3) is 0.524. The van der Waals surface area contributed by atoms with E-state index in [2.05, 4.69) is 10.1 Å². The van der Waals surface area contributed by atoms with Gasteiger partial charge in [-0.2, -0.15) is 0 Å². The van der Waals surface area contributed by atoms with E-state index in [4.69, 9.17) is 14.0 Å². The van der Waals surface area contributed by atoms with Crippen LogP contribution in [0.25, 0.3) is 0 Å². The fourth-order valence-corrected chi connectivity index (χ4v) is 3.74. The second-order valence-electron chi connectivity index (χ2n) is 7.63. The Morgan fingerprint density at radius 1 is 1.20 bits per heavy atom. The summed E-state index contributed by atoms with van der Waals surface area (Å²) in [5.74, 6) is 0.782. The predicted octanol–water partition coefficient (Wildman–Crippen LogP) is 1.67. The van der Waals surface area contributed by atoms with Crippen molar-refractivity contribution in [2.75, 3.05) is 39.4 Å². The molecule has 2 saturated heterocycles. The molecule has 2 aromatic heterocycles. The lowest BCUT2D eigenvalue weighted by atomic mass is 9.96. The van der Waals surface area contributed by atoms with Crippen LogP contribution < -0.4 is 4.74 Å². The lowest BCUT2D eigenvalue weighted by Gasteiger charge is -2.35. The van der Waals surface area contributed by atoms with Crippen LogP contribution >= 0.6 is 0 Å². The van der Waals surface area contributed by atoms with Crippen molar-refractivity contribution < 1.29 is 23.6 Å². The van der Waals surface area contributed by atoms with E-state index < -0.39 is 0 Å². The van der Waals surface area contributed by atoms with Crippen LogP contribution in [0.2, 0.25) is 0 Å². The van der Waals surface area contributed by atoms with Crippen LogP contribution in [0.1, 0.15) is 34.8 Å². The van der Waals surface area contributed by atoms with E-state index in [1.807, 2.05) is 24.0 Å². The number of piperidine rings is 1. The first kappa shape index (κ1) is 20.3. The first-order chi connectivity index (χ1) is 14.6. The molecule has 4 heterocycles. The van der Waals surface area contributed by atoms with Crippen LogP contribution in [0.3, 0.4) is 0 Å². The number of nitrogens with zero attached hydrogens (tertiary/aromatic N) is 4. The minimum absolute atomic E-state index is 0.108. The summed E-state index contributed by atoms with van der Waals surface area (Å²) in [4.78, 5) is 33.4. The molecule has 0 N–H and O–H groups in total. The Kier molecular flexibility index (Phi) is 6.27. The van der Waals surface area contributed by atoms with Gasteiger partial charge in [-0.3, -0.25) is 14.6 Å². The molecule has 9 nitrogen and oxygen atoms in total. The van der Waals surface area contributed by atoms with E-state index >= 15 is 0 Å². The molecule has 0 aliphatic carbocycles. The van der Waals surface area contributed by atoms with Crippen LogP contribution in [0.4, 0.5) is 0 Å². The SMILES string of the molecule is Cc1ccc(OCc2cc(C(=O)N3CCCC(C(=O)N4CCOCC4)C3)no2)cn1. The van der Waals surface area contributed by atoms with E-state index in [1.165, 1.54) is 0 Å². The first-order valence-electron chi connectivity index (χ1n) is 10.3. The van der Waals surface area contributed by atoms with E-state index in [9.17, 15) is 9.59 Å². The zero-order chi connectivity index (χ0) is 20.9. The number of aromatic nitrogens is 2. The average Bonchev–Trinajstić information content (AvgIpc) is 3.27. The van der Waals surface area contributed by atoms with Crippen LogP contribution in [-0.2, 0) is 16.1 Å². The van der Waals surface area contributed by atoms with E-state index in [0.29, 0.717) is 50.9 Å². The molecular formula is C21H26N4O5. The molecule has 0 saturated carbocycles. The van der Waals surface area contributed by atoms with Gasteiger partial charge in [-0.05, 0) is 31.9 Å². The number of carbonyl (C=O) groups is 2. The first-order valence-corrected chi connectivity index (χ1v) is 10.3. The molecular weight excluding hydrogens is 388 g/mol. The molecule has 2 aliphatic heterocycles. The number of pyridine rings is 1. The number of amides is 2. The Labute approximate surface area is 174 Å². The zero-order valence-corrected chi connectivity index (χ0v) is 17.1. The Morgan fingerprint density at radius 3 is 2.80 bits per heavy atom. The molecule has 0 radical (unpaired) electrons. The monoisotopic (exact) mass is 414 g/mol. The van der Waals surface area contributed by atoms with Gasteiger partial charge in [-0.1, -0.05) is 5.16 Å². The van der Waals surface area contributed by atoms with Crippen LogP contribution in [0.5, 0.6) is 5.75 Å². The summed E-state index contributed by atoms with van der Waals surface area (Å²) in [5.41, 5.74) is 1.14. The Bertz CT molecular complexity index is 876. The number of hydrogen-bond donors (Lipinski definition) is 0. The molecule has 0 bridgehead atoms. The highest BCUT2D eigenvalue weighted by molar-refractivity contribution is 5.92. The molecule has 0 spiro atoms. The van der Waals surface area contributed by atoms with Crippen LogP contribution in [0.15, 0.2) is 28.9 Å². The molecule has 2 fully saturated rings. The minimum Gasteiger partial charge on any atom is -0.484 e. The summed E-state index contributed by atoms with van der Waals surface area (Å²) in [7, 11) is 0. The van der Waals surface area contributed by atoms with Crippen molar-refractivity contribution in [3.8, 4) is 5.75 Å². The normalized spacial score (nSPS) is 19.6. The Hall–Kier alpha value is -2.94. The molecule has 9 heteroatoms. The summed E-state index contributed by atoms with van der Waals surface area (Å²) in [6, 6.07) is 5.27. The second-order valence-corrected chi connectivity index (χ2v) is 7.63. The summed E-state index contributed by atoms with van der Waals surface area (Å²) in [6.07, 6.45) is 3.22. The highest BCUT2D eigenvalue weighted by Gasteiger charge is 2.33. The minimum atomic E-state index is -0.221. The smallest absolute Gasteiger partial charge is 0.276 e. The number of rotatable bonds is 5. The topological polar surface area (TPSA) is 98.0 Å². The Balaban J connectivity index is 1.33. The van der Waals surface area contributed by atoms with Gasteiger partial charge >= 0.3 is 0 Å². The standard InChI is InChI=1S/C21H26N4O5/c1-15-4-5-17(12-22-15)29-14-18-11-19(23-30-18)21(27)25-6-2-3-16(13-25)20(26)24-7-9-28-10-8-24/h4-5,11-12,16H,2-3,6-10,13-14H2,1H3. The summed E-state index contributed by atoms with van der Waals surface area (Å²) >= 11 is 0. The van der Waals surface area contributed by atoms with Gasteiger partial charge in [0.2, 0.25) is 5.91 Å². The van der Waals surface area contributed by atoms with E-state index in [1.54, 1.807) is 17.2 Å². The van der Waals surface area contributed by atoms with Crippen LogP contribution in [0, 0.1) is 12.8 Å². The van der Waals surface area contributed by atoms with E-state index in [0.717, 1.165) is 18.5 Å². The molecule has 0 aromatic carbocycles. The number of morpholine rings is 1. The van der Waals surface area contributed by atoms with Crippen molar-refractivity contribution in [3.63, 3.8) is 0 Å². The maximum atomic E-state index is 12.9. The number of ether oxygens (including phenoxy) is 2. The Morgan fingerprint density at radius 2 is 2.03 bits per heavy atom. The van der Waals surface area contributed by atoms with Gasteiger partial charge in [0, 0.05) is 37.9 Å². The quantitative estimate of drug-likeness (QED) is 0.734. The second kappa shape index (κ2) is 9.25. The van der Waals surface area contributed by atoms with Crippen molar-refractivity contribution in [3.05, 3.63) is 41.5 Å². The average molecular weight is 414 g/mol. The fourth-order valence-electron chi connectivity index (χ4n) is 3.74. The van der Waals surface area contributed by atoms with Gasteiger partial charge in [0.25, 0.3) is 5.91 Å². The van der Waals surface area contributed by atoms with Crippen LogP contribution in [-0.4, -0.2) is 71.1 Å². The summed E-state index contributed by atoms with van der Waals surface area (Å²) in [5, 5.41) is 3.90. The summed E-state index contributed by atoms with van der Waals surface area (Å²) in [6.45, 7) is 5.45. The molecule has 2 aromatic rings. The maximum absolute atomic E-state index is 12.9. The van der Waals surface area contributed by atoms with Gasteiger partial charge in [0.15, 0.2) is 11.5 Å². The molecule has 4 rings (SSSR count). The van der Waals surface area contributed by atoms with Crippen molar-refractivity contribution >= 4 is 11.8 Å². The highest BCUT2D eigenvalue weighted by atomic mass is 16.5. The van der Waals surface area contributed by atoms with Crippen molar-refractivity contribution in [1.82, 2.24) is 19.9 Å². The molecule has 1 unspecified atom stereocenters. The molecule has 2 amide bonds. The lowest BCUT2D eigenvalue weighted by Crippen LogP contribution is -2.49. The number of hydrogen-bond acceptors (Lipinski definition) is 7. The highest BCUT2D eigenvalue weighted by Crippen LogP contribution is 2.21.